The van der Waals surface area contributed by atoms with Gasteiger partial charge in [-0.3, -0.25) is 4.79 Å². The zero-order valence-corrected chi connectivity index (χ0v) is 17.0. The SMILES string of the molecule is COc1cccc(Cn2c(C(=O)NCc3ccco3)cc3scc(Br)c32)c1. The molecule has 0 radical (unpaired) electrons. The fourth-order valence-electron chi connectivity index (χ4n) is 3.01. The van der Waals surface area contributed by atoms with Gasteiger partial charge in [-0.15, -0.1) is 11.3 Å². The van der Waals surface area contributed by atoms with Gasteiger partial charge in [0.15, 0.2) is 0 Å². The van der Waals surface area contributed by atoms with E-state index in [4.69, 9.17) is 9.15 Å². The summed E-state index contributed by atoms with van der Waals surface area (Å²) in [5.74, 6) is 1.38. The van der Waals surface area contributed by atoms with Crippen LogP contribution in [-0.2, 0) is 13.1 Å². The Hall–Kier alpha value is -2.51. The molecule has 7 heteroatoms. The molecule has 3 aromatic heterocycles. The van der Waals surface area contributed by atoms with Gasteiger partial charge in [0.05, 0.1) is 34.6 Å². The molecule has 4 rings (SSSR count). The lowest BCUT2D eigenvalue weighted by Crippen LogP contribution is -2.25. The summed E-state index contributed by atoms with van der Waals surface area (Å²) in [5.41, 5.74) is 2.70. The number of ether oxygens (including phenoxy) is 1. The van der Waals surface area contributed by atoms with Crippen LogP contribution < -0.4 is 10.1 Å². The highest BCUT2D eigenvalue weighted by Gasteiger charge is 2.19. The van der Waals surface area contributed by atoms with Crippen LogP contribution in [0.5, 0.6) is 5.75 Å². The Morgan fingerprint density at radius 1 is 1.30 bits per heavy atom. The number of amides is 1. The van der Waals surface area contributed by atoms with Crippen molar-refractivity contribution in [3.63, 3.8) is 0 Å². The molecule has 1 N–H and O–H groups in total. The number of nitrogens with one attached hydrogen (secondary N) is 1. The van der Waals surface area contributed by atoms with Gasteiger partial charge in [-0.2, -0.15) is 0 Å². The molecule has 0 bridgehead atoms. The van der Waals surface area contributed by atoms with E-state index in [2.05, 4.69) is 21.2 Å². The topological polar surface area (TPSA) is 56.4 Å². The Morgan fingerprint density at radius 2 is 2.19 bits per heavy atom. The normalized spacial score (nSPS) is 11.0. The molecule has 0 unspecified atom stereocenters. The minimum Gasteiger partial charge on any atom is -0.497 e. The number of halogens is 1. The molecule has 3 heterocycles. The van der Waals surface area contributed by atoms with Crippen LogP contribution in [-0.4, -0.2) is 17.6 Å². The van der Waals surface area contributed by atoms with Crippen LogP contribution in [0.4, 0.5) is 0 Å². The smallest absolute Gasteiger partial charge is 0.268 e. The maximum absolute atomic E-state index is 12.8. The van der Waals surface area contributed by atoms with Gasteiger partial charge in [0.2, 0.25) is 0 Å². The number of thiophene rings is 1. The molecule has 138 valence electrons. The van der Waals surface area contributed by atoms with Gasteiger partial charge in [0.1, 0.15) is 17.2 Å². The van der Waals surface area contributed by atoms with Crippen molar-refractivity contribution in [3.05, 3.63) is 75.6 Å². The molecule has 0 aliphatic rings. The van der Waals surface area contributed by atoms with Gasteiger partial charge in [-0.1, -0.05) is 12.1 Å². The quantitative estimate of drug-likeness (QED) is 0.452. The van der Waals surface area contributed by atoms with Crippen molar-refractivity contribution in [1.82, 2.24) is 9.88 Å². The van der Waals surface area contributed by atoms with E-state index in [1.807, 2.05) is 46.3 Å². The zero-order valence-electron chi connectivity index (χ0n) is 14.6. The number of methoxy groups -OCH3 is 1. The maximum Gasteiger partial charge on any atom is 0.268 e. The summed E-state index contributed by atoms with van der Waals surface area (Å²) in [6.07, 6.45) is 1.60. The van der Waals surface area contributed by atoms with Gasteiger partial charge in [0, 0.05) is 11.9 Å². The van der Waals surface area contributed by atoms with E-state index in [-0.39, 0.29) is 5.91 Å². The van der Waals surface area contributed by atoms with E-state index in [0.717, 1.165) is 31.8 Å². The zero-order chi connectivity index (χ0) is 18.8. The lowest BCUT2D eigenvalue weighted by atomic mass is 10.2. The standard InChI is InChI=1S/C20H17BrN2O3S/c1-25-14-5-2-4-13(8-14)11-23-17(9-18-19(23)16(21)12-27-18)20(24)22-10-15-6-3-7-26-15/h2-9,12H,10-11H2,1H3,(H,22,24). The number of aromatic nitrogens is 1. The highest BCUT2D eigenvalue weighted by molar-refractivity contribution is 9.10. The first-order valence-corrected chi connectivity index (χ1v) is 10.0. The van der Waals surface area contributed by atoms with Gasteiger partial charge in [0.25, 0.3) is 5.91 Å². The first-order chi connectivity index (χ1) is 13.2. The van der Waals surface area contributed by atoms with Gasteiger partial charge >= 0.3 is 0 Å². The highest BCUT2D eigenvalue weighted by atomic mass is 79.9. The molecule has 1 amide bonds. The van der Waals surface area contributed by atoms with E-state index in [9.17, 15) is 4.79 Å². The number of hydrogen-bond acceptors (Lipinski definition) is 4. The Kier molecular flexibility index (Phi) is 5.05. The fraction of sp³-hybridized carbons (Fsp3) is 0.150. The van der Waals surface area contributed by atoms with Crippen LogP contribution in [0, 0.1) is 0 Å². The van der Waals surface area contributed by atoms with Crippen molar-refractivity contribution >= 4 is 43.4 Å². The second-order valence-electron chi connectivity index (χ2n) is 6.03. The first-order valence-electron chi connectivity index (χ1n) is 8.35. The number of rotatable bonds is 6. The number of hydrogen-bond donors (Lipinski definition) is 1. The Bertz CT molecular complexity index is 1080. The van der Waals surface area contributed by atoms with Crippen molar-refractivity contribution in [2.45, 2.75) is 13.1 Å². The summed E-state index contributed by atoms with van der Waals surface area (Å²) in [6, 6.07) is 13.4. The van der Waals surface area contributed by atoms with Crippen LogP contribution in [0.3, 0.4) is 0 Å². The van der Waals surface area contributed by atoms with Crippen LogP contribution >= 0.6 is 27.3 Å². The highest BCUT2D eigenvalue weighted by Crippen LogP contribution is 2.34. The number of carbonyl (C=O) groups is 1. The third kappa shape index (κ3) is 3.65. The number of carbonyl (C=O) groups excluding carboxylic acids is 1. The van der Waals surface area contributed by atoms with Crippen molar-refractivity contribution in [2.75, 3.05) is 7.11 Å². The minimum absolute atomic E-state index is 0.135. The second kappa shape index (κ2) is 7.62. The summed E-state index contributed by atoms with van der Waals surface area (Å²) in [4.78, 5) is 12.8. The van der Waals surface area contributed by atoms with Crippen LogP contribution in [0.1, 0.15) is 21.8 Å². The van der Waals surface area contributed by atoms with E-state index in [1.165, 1.54) is 0 Å². The summed E-state index contributed by atoms with van der Waals surface area (Å²) in [7, 11) is 1.65. The minimum atomic E-state index is -0.135. The van der Waals surface area contributed by atoms with Gasteiger partial charge in [-0.05, 0) is 51.8 Å². The maximum atomic E-state index is 12.8. The average molecular weight is 445 g/mol. The summed E-state index contributed by atoms with van der Waals surface area (Å²) in [6.45, 7) is 0.921. The summed E-state index contributed by atoms with van der Waals surface area (Å²) >= 11 is 5.22. The average Bonchev–Trinajstić information content (AvgIpc) is 3.40. The van der Waals surface area contributed by atoms with E-state index >= 15 is 0 Å². The molecule has 0 aliphatic carbocycles. The van der Waals surface area contributed by atoms with Crippen molar-refractivity contribution in [1.29, 1.82) is 0 Å². The Morgan fingerprint density at radius 3 is 2.96 bits per heavy atom. The number of nitrogens with zero attached hydrogens (tertiary/aromatic N) is 1. The first kappa shape index (κ1) is 17.9. The molecule has 0 fully saturated rings. The van der Waals surface area contributed by atoms with Crippen molar-refractivity contribution < 1.29 is 13.9 Å². The molecule has 5 nitrogen and oxygen atoms in total. The second-order valence-corrected chi connectivity index (χ2v) is 7.79. The fourth-order valence-corrected chi connectivity index (χ4v) is 4.70. The Labute approximate surface area is 168 Å². The molecular formula is C20H17BrN2O3S. The third-order valence-corrected chi connectivity index (χ3v) is 6.11. The summed E-state index contributed by atoms with van der Waals surface area (Å²) in [5, 5.41) is 4.97. The molecule has 0 saturated carbocycles. The number of furan rings is 1. The van der Waals surface area contributed by atoms with Crippen molar-refractivity contribution in [2.24, 2.45) is 0 Å². The third-order valence-electron chi connectivity index (χ3n) is 4.29. The van der Waals surface area contributed by atoms with E-state index in [0.29, 0.717) is 18.8 Å². The molecule has 0 saturated heterocycles. The Balaban J connectivity index is 1.67. The largest absolute Gasteiger partial charge is 0.497 e. The van der Waals surface area contributed by atoms with E-state index in [1.54, 1.807) is 30.8 Å². The van der Waals surface area contributed by atoms with Crippen LogP contribution in [0.25, 0.3) is 10.2 Å². The molecule has 27 heavy (non-hydrogen) atoms. The monoisotopic (exact) mass is 444 g/mol. The summed E-state index contributed by atoms with van der Waals surface area (Å²) < 4.78 is 14.7. The molecule has 0 spiro atoms. The molecule has 0 aliphatic heterocycles. The molecule has 4 aromatic rings. The number of benzene rings is 1. The van der Waals surface area contributed by atoms with Gasteiger partial charge < -0.3 is 19.0 Å². The van der Waals surface area contributed by atoms with E-state index < -0.39 is 0 Å². The van der Waals surface area contributed by atoms with Gasteiger partial charge in [-0.25, -0.2) is 0 Å². The molecule has 0 atom stereocenters. The molecular weight excluding hydrogens is 428 g/mol. The molecule has 1 aromatic carbocycles. The predicted molar refractivity (Wildman–Crippen MR) is 109 cm³/mol. The lowest BCUT2D eigenvalue weighted by Gasteiger charge is -2.12. The van der Waals surface area contributed by atoms with Crippen molar-refractivity contribution in [3.8, 4) is 5.75 Å². The number of fused-ring (bicyclic) bond motifs is 1. The predicted octanol–water partition coefficient (Wildman–Crippen LogP) is 5.05. The van der Waals surface area contributed by atoms with Crippen LogP contribution in [0.2, 0.25) is 0 Å². The lowest BCUT2D eigenvalue weighted by molar-refractivity contribution is 0.0939. The van der Waals surface area contributed by atoms with Crippen LogP contribution in [0.15, 0.2) is 63.0 Å².